The molecule has 2 aromatic rings. The van der Waals surface area contributed by atoms with Crippen LogP contribution in [0, 0.1) is 5.82 Å². The molecule has 0 bridgehead atoms. The van der Waals surface area contributed by atoms with Gasteiger partial charge in [-0.15, -0.1) is 0 Å². The van der Waals surface area contributed by atoms with Gasteiger partial charge in [-0.05, 0) is 54.5 Å². The Morgan fingerprint density at radius 3 is 2.36 bits per heavy atom. The van der Waals surface area contributed by atoms with Gasteiger partial charge in [-0.1, -0.05) is 38.3 Å². The minimum absolute atomic E-state index is 0.346. The number of hydrogen-bond acceptors (Lipinski definition) is 3. The van der Waals surface area contributed by atoms with Crippen LogP contribution in [0.5, 0.6) is 5.75 Å². The Bertz CT molecular complexity index is 786. The first kappa shape index (κ1) is 21.2. The van der Waals surface area contributed by atoms with Gasteiger partial charge in [-0.2, -0.15) is 0 Å². The van der Waals surface area contributed by atoms with Crippen LogP contribution < -0.4 is 15.6 Å². The van der Waals surface area contributed by atoms with Gasteiger partial charge in [0.2, 0.25) is 0 Å². The summed E-state index contributed by atoms with van der Waals surface area (Å²) in [5.74, 6) is -0.566. The van der Waals surface area contributed by atoms with Crippen molar-refractivity contribution >= 4 is 17.9 Å². The Morgan fingerprint density at radius 2 is 1.68 bits per heavy atom. The average molecular weight is 384 g/mol. The summed E-state index contributed by atoms with van der Waals surface area (Å²) in [4.78, 5) is 23.8. The van der Waals surface area contributed by atoms with E-state index in [1.54, 1.807) is 36.4 Å². The quantitative estimate of drug-likeness (QED) is 0.386. The zero-order chi connectivity index (χ0) is 20.2. The molecule has 0 aliphatic heterocycles. The Kier molecular flexibility index (Phi) is 8.72. The van der Waals surface area contributed by atoms with Crippen molar-refractivity contribution in [2.75, 3.05) is 6.61 Å². The summed E-state index contributed by atoms with van der Waals surface area (Å²) >= 11 is 0. The first-order valence-electron chi connectivity index (χ1n) is 9.35. The predicted octanol–water partition coefficient (Wildman–Crippen LogP) is 4.26. The van der Waals surface area contributed by atoms with E-state index in [-0.39, 0.29) is 5.82 Å². The minimum atomic E-state index is -0.496. The molecular formula is C22H25FN2O3. The highest BCUT2D eigenvalue weighted by Gasteiger charge is 2.06. The van der Waals surface area contributed by atoms with Crippen LogP contribution in [0.2, 0.25) is 0 Å². The molecule has 0 aliphatic rings. The summed E-state index contributed by atoms with van der Waals surface area (Å²) in [5, 5.41) is 0. The third kappa shape index (κ3) is 7.61. The molecule has 2 N–H and O–H groups in total. The SMILES string of the molecule is CCCCCCOc1ccc(C(=O)NNC(=O)C=Cc2ccc(F)cc2)cc1. The smallest absolute Gasteiger partial charge is 0.269 e. The second-order valence-electron chi connectivity index (χ2n) is 6.26. The Hall–Kier alpha value is -3.15. The Morgan fingerprint density at radius 1 is 0.964 bits per heavy atom. The van der Waals surface area contributed by atoms with E-state index in [4.69, 9.17) is 4.74 Å². The van der Waals surface area contributed by atoms with Crippen LogP contribution in [0.25, 0.3) is 6.08 Å². The second kappa shape index (κ2) is 11.5. The lowest BCUT2D eigenvalue weighted by Gasteiger charge is -2.08. The van der Waals surface area contributed by atoms with Crippen molar-refractivity contribution in [1.82, 2.24) is 10.9 Å². The Labute approximate surface area is 164 Å². The van der Waals surface area contributed by atoms with Crippen LogP contribution in [0.3, 0.4) is 0 Å². The Balaban J connectivity index is 1.74. The third-order valence-corrected chi connectivity index (χ3v) is 3.98. The minimum Gasteiger partial charge on any atom is -0.494 e. The van der Waals surface area contributed by atoms with Crippen LogP contribution in [0.4, 0.5) is 4.39 Å². The van der Waals surface area contributed by atoms with Crippen LogP contribution in [0.1, 0.15) is 48.5 Å². The maximum Gasteiger partial charge on any atom is 0.269 e. The van der Waals surface area contributed by atoms with Gasteiger partial charge in [0.05, 0.1) is 6.61 Å². The molecule has 0 saturated carbocycles. The molecule has 0 spiro atoms. The van der Waals surface area contributed by atoms with Crippen molar-refractivity contribution in [1.29, 1.82) is 0 Å². The molecule has 28 heavy (non-hydrogen) atoms. The number of amides is 2. The number of carbonyl (C=O) groups is 2. The fraction of sp³-hybridized carbons (Fsp3) is 0.273. The number of hydrogen-bond donors (Lipinski definition) is 2. The van der Waals surface area contributed by atoms with Crippen molar-refractivity contribution < 1.29 is 18.7 Å². The van der Waals surface area contributed by atoms with Crippen molar-refractivity contribution in [3.05, 3.63) is 71.6 Å². The summed E-state index contributed by atoms with van der Waals surface area (Å²) in [6, 6.07) is 12.4. The van der Waals surface area contributed by atoms with E-state index in [2.05, 4.69) is 17.8 Å². The van der Waals surface area contributed by atoms with Crippen molar-refractivity contribution in [3.8, 4) is 5.75 Å². The fourth-order valence-electron chi connectivity index (χ4n) is 2.40. The largest absolute Gasteiger partial charge is 0.494 e. The number of ether oxygens (including phenoxy) is 1. The summed E-state index contributed by atoms with van der Waals surface area (Å²) in [7, 11) is 0. The topological polar surface area (TPSA) is 67.4 Å². The normalized spacial score (nSPS) is 10.6. The van der Waals surface area contributed by atoms with Crippen molar-refractivity contribution in [2.45, 2.75) is 32.6 Å². The predicted molar refractivity (Wildman–Crippen MR) is 107 cm³/mol. The van der Waals surface area contributed by atoms with E-state index >= 15 is 0 Å². The highest BCUT2D eigenvalue weighted by Crippen LogP contribution is 2.13. The molecule has 0 aromatic heterocycles. The summed E-state index contributed by atoms with van der Waals surface area (Å²) in [6.07, 6.45) is 7.31. The van der Waals surface area contributed by atoms with Gasteiger partial charge >= 0.3 is 0 Å². The number of rotatable bonds is 9. The molecule has 0 radical (unpaired) electrons. The maximum absolute atomic E-state index is 12.8. The maximum atomic E-state index is 12.8. The molecule has 2 amide bonds. The number of hydrazine groups is 1. The lowest BCUT2D eigenvalue weighted by molar-refractivity contribution is -0.117. The number of benzene rings is 2. The highest BCUT2D eigenvalue weighted by molar-refractivity contribution is 5.97. The molecule has 0 aliphatic carbocycles. The van der Waals surface area contributed by atoms with Gasteiger partial charge in [-0.25, -0.2) is 4.39 Å². The van der Waals surface area contributed by atoms with Gasteiger partial charge in [0.15, 0.2) is 0 Å². The molecule has 0 unspecified atom stereocenters. The average Bonchev–Trinajstić information content (AvgIpc) is 2.72. The van der Waals surface area contributed by atoms with Crippen LogP contribution >= 0.6 is 0 Å². The van der Waals surface area contributed by atoms with E-state index < -0.39 is 11.8 Å². The lowest BCUT2D eigenvalue weighted by Crippen LogP contribution is -2.40. The standard InChI is InChI=1S/C22H25FN2O3/c1-2-3-4-5-16-28-20-13-9-18(10-14-20)22(27)25-24-21(26)15-8-17-6-11-19(23)12-7-17/h6-15H,2-5,16H2,1H3,(H,24,26)(H,25,27). The molecule has 0 fully saturated rings. The summed E-state index contributed by atoms with van der Waals surface area (Å²) in [6.45, 7) is 2.82. The van der Waals surface area contributed by atoms with Gasteiger partial charge in [0, 0.05) is 11.6 Å². The molecule has 5 nitrogen and oxygen atoms in total. The number of halogens is 1. The first-order chi connectivity index (χ1) is 13.6. The van der Waals surface area contributed by atoms with E-state index in [1.165, 1.54) is 37.1 Å². The van der Waals surface area contributed by atoms with E-state index in [1.807, 2.05) is 0 Å². The van der Waals surface area contributed by atoms with E-state index in [0.717, 1.165) is 12.8 Å². The van der Waals surface area contributed by atoms with E-state index in [9.17, 15) is 14.0 Å². The van der Waals surface area contributed by atoms with Gasteiger partial charge in [0.1, 0.15) is 11.6 Å². The zero-order valence-electron chi connectivity index (χ0n) is 15.9. The van der Waals surface area contributed by atoms with Crippen LogP contribution in [-0.4, -0.2) is 18.4 Å². The first-order valence-corrected chi connectivity index (χ1v) is 9.35. The molecular weight excluding hydrogens is 359 g/mol. The fourth-order valence-corrected chi connectivity index (χ4v) is 2.40. The number of unbranched alkanes of at least 4 members (excludes halogenated alkanes) is 3. The summed E-state index contributed by atoms with van der Waals surface area (Å²) < 4.78 is 18.5. The molecule has 148 valence electrons. The zero-order valence-corrected chi connectivity index (χ0v) is 15.9. The molecule has 2 rings (SSSR count). The van der Waals surface area contributed by atoms with E-state index in [0.29, 0.717) is 23.5 Å². The molecule has 0 saturated heterocycles. The molecule has 0 atom stereocenters. The molecule has 6 heteroatoms. The molecule has 2 aromatic carbocycles. The van der Waals surface area contributed by atoms with Gasteiger partial charge < -0.3 is 4.74 Å². The lowest BCUT2D eigenvalue weighted by atomic mass is 10.2. The van der Waals surface area contributed by atoms with Crippen LogP contribution in [-0.2, 0) is 4.79 Å². The van der Waals surface area contributed by atoms with Crippen molar-refractivity contribution in [2.24, 2.45) is 0 Å². The van der Waals surface area contributed by atoms with Gasteiger partial charge in [0.25, 0.3) is 11.8 Å². The summed E-state index contributed by atoms with van der Waals surface area (Å²) in [5.41, 5.74) is 5.72. The van der Waals surface area contributed by atoms with Crippen LogP contribution in [0.15, 0.2) is 54.6 Å². The van der Waals surface area contributed by atoms with Gasteiger partial charge in [-0.3, -0.25) is 20.4 Å². The number of carbonyl (C=O) groups excluding carboxylic acids is 2. The number of nitrogens with one attached hydrogen (secondary N) is 2. The van der Waals surface area contributed by atoms with Crippen molar-refractivity contribution in [3.63, 3.8) is 0 Å². The highest BCUT2D eigenvalue weighted by atomic mass is 19.1. The third-order valence-electron chi connectivity index (χ3n) is 3.98. The molecule has 0 heterocycles. The monoisotopic (exact) mass is 384 g/mol. The second-order valence-corrected chi connectivity index (χ2v) is 6.26.